The van der Waals surface area contributed by atoms with Gasteiger partial charge in [0.25, 0.3) is 0 Å². The Morgan fingerprint density at radius 2 is 2.00 bits per heavy atom. The summed E-state index contributed by atoms with van der Waals surface area (Å²) in [5.74, 6) is 0.291. The summed E-state index contributed by atoms with van der Waals surface area (Å²) in [6, 6.07) is 11.9. The lowest BCUT2D eigenvalue weighted by atomic mass is 10.1. The maximum atomic E-state index is 13.0. The number of carbonyl (C=O) groups excluding carboxylic acids is 1. The molecule has 2 heterocycles. The van der Waals surface area contributed by atoms with E-state index in [1.807, 2.05) is 25.1 Å². The van der Waals surface area contributed by atoms with Gasteiger partial charge in [-0.15, -0.1) is 0 Å². The molecule has 0 saturated carbocycles. The van der Waals surface area contributed by atoms with Crippen LogP contribution in [-0.2, 0) is 24.1 Å². The van der Waals surface area contributed by atoms with Crippen LogP contribution in [0.1, 0.15) is 30.0 Å². The topological polar surface area (TPSA) is 59.9 Å². The van der Waals surface area contributed by atoms with Gasteiger partial charge in [-0.25, -0.2) is 4.39 Å². The normalized spacial score (nSPS) is 12.1. The van der Waals surface area contributed by atoms with Gasteiger partial charge in [-0.3, -0.25) is 9.78 Å². The van der Waals surface area contributed by atoms with Gasteiger partial charge >= 0.3 is 0 Å². The van der Waals surface area contributed by atoms with Gasteiger partial charge in [0.2, 0.25) is 12.0 Å². The zero-order chi connectivity index (χ0) is 17.6. The summed E-state index contributed by atoms with van der Waals surface area (Å²) in [7, 11) is 0. The maximum absolute atomic E-state index is 13.0. The number of pyridine rings is 1. The number of aromatic nitrogens is 3. The number of hydrogen-bond donors (Lipinski definition) is 0. The highest BCUT2D eigenvalue weighted by Crippen LogP contribution is 2.10. The molecule has 1 atom stereocenters. The summed E-state index contributed by atoms with van der Waals surface area (Å²) >= 11 is 0. The van der Waals surface area contributed by atoms with E-state index in [4.69, 9.17) is 4.52 Å². The molecule has 3 rings (SSSR count). The third-order valence-corrected chi connectivity index (χ3v) is 3.90. The molecular formula is C19H19FN3O2+. The molecule has 3 aromatic rings. The third kappa shape index (κ3) is 4.79. The van der Waals surface area contributed by atoms with E-state index in [1.54, 1.807) is 29.2 Å². The van der Waals surface area contributed by atoms with Crippen LogP contribution in [0.15, 0.2) is 59.4 Å². The van der Waals surface area contributed by atoms with E-state index >= 15 is 0 Å². The standard InChI is InChI=1S/C19H19FN3O2/c1-14(10-15-5-7-16(20)8-6-15)23-13-19(25-22-23)12-18(24)11-17-4-2-3-9-21-17/h2-9,13-14H,10-12H2,1H3/q+1. The van der Waals surface area contributed by atoms with Crippen molar-refractivity contribution in [2.45, 2.75) is 32.2 Å². The Morgan fingerprint density at radius 3 is 2.72 bits per heavy atom. The van der Waals surface area contributed by atoms with Crippen molar-refractivity contribution in [2.24, 2.45) is 0 Å². The number of hydrogen-bond acceptors (Lipinski definition) is 4. The minimum absolute atomic E-state index is 0.0215. The summed E-state index contributed by atoms with van der Waals surface area (Å²) in [6.07, 6.45) is 4.55. The summed E-state index contributed by atoms with van der Waals surface area (Å²) in [4.78, 5) is 16.3. The Labute approximate surface area is 145 Å². The molecule has 0 radical (unpaired) electrons. The molecule has 0 bridgehead atoms. The minimum Gasteiger partial charge on any atom is -0.305 e. The van der Waals surface area contributed by atoms with Crippen LogP contribution in [0.3, 0.4) is 0 Å². The SMILES string of the molecule is CC(Cc1ccc(F)cc1)[n+]1cc(CC(=O)Cc2ccccn2)on1. The Morgan fingerprint density at radius 1 is 1.20 bits per heavy atom. The number of benzene rings is 1. The molecule has 0 spiro atoms. The quantitative estimate of drug-likeness (QED) is 0.621. The van der Waals surface area contributed by atoms with Crippen molar-refractivity contribution < 1.29 is 18.4 Å². The van der Waals surface area contributed by atoms with Crippen LogP contribution in [-0.4, -0.2) is 16.0 Å². The molecule has 25 heavy (non-hydrogen) atoms. The van der Waals surface area contributed by atoms with Gasteiger partial charge in [-0.2, -0.15) is 0 Å². The summed E-state index contributed by atoms with van der Waals surface area (Å²) < 4.78 is 19.9. The number of ketones is 1. The number of nitrogens with zero attached hydrogens (tertiary/aromatic N) is 3. The minimum atomic E-state index is -0.251. The van der Waals surface area contributed by atoms with E-state index in [2.05, 4.69) is 10.3 Å². The fourth-order valence-electron chi connectivity index (χ4n) is 2.60. The van der Waals surface area contributed by atoms with Gasteiger partial charge in [-0.05, 0) is 34.5 Å². The molecule has 0 aliphatic heterocycles. The smallest absolute Gasteiger partial charge is 0.241 e. The van der Waals surface area contributed by atoms with Gasteiger partial charge < -0.3 is 4.52 Å². The molecule has 0 aliphatic carbocycles. The van der Waals surface area contributed by atoms with Crippen molar-refractivity contribution in [2.75, 3.05) is 0 Å². The van der Waals surface area contributed by atoms with Gasteiger partial charge in [-0.1, -0.05) is 18.2 Å². The Kier molecular flexibility index (Phi) is 5.28. The van der Waals surface area contributed by atoms with Crippen molar-refractivity contribution in [1.82, 2.24) is 10.3 Å². The van der Waals surface area contributed by atoms with Crippen LogP contribution in [0.25, 0.3) is 0 Å². The zero-order valence-corrected chi connectivity index (χ0v) is 13.9. The number of Topliss-reactive ketones (excluding diaryl/α,β-unsaturated/α-hetero) is 1. The van der Waals surface area contributed by atoms with Crippen LogP contribution < -0.4 is 4.68 Å². The zero-order valence-electron chi connectivity index (χ0n) is 13.9. The number of rotatable bonds is 7. The average molecular weight is 340 g/mol. The Bertz CT molecular complexity index is 831. The average Bonchev–Trinajstić information content (AvgIpc) is 3.06. The second-order valence-electron chi connectivity index (χ2n) is 6.04. The first-order chi connectivity index (χ1) is 12.1. The van der Waals surface area contributed by atoms with Gasteiger partial charge in [0.15, 0.2) is 11.3 Å². The van der Waals surface area contributed by atoms with E-state index in [0.29, 0.717) is 12.2 Å². The monoisotopic (exact) mass is 340 g/mol. The maximum Gasteiger partial charge on any atom is 0.241 e. The highest BCUT2D eigenvalue weighted by molar-refractivity contribution is 5.82. The first-order valence-corrected chi connectivity index (χ1v) is 8.13. The van der Waals surface area contributed by atoms with Crippen LogP contribution in [0.2, 0.25) is 0 Å². The van der Waals surface area contributed by atoms with E-state index in [-0.39, 0.29) is 30.5 Å². The molecule has 0 fully saturated rings. The molecule has 0 amide bonds. The molecule has 6 heteroatoms. The van der Waals surface area contributed by atoms with Crippen molar-refractivity contribution in [3.63, 3.8) is 0 Å². The molecule has 0 aliphatic rings. The largest absolute Gasteiger partial charge is 0.305 e. The van der Waals surface area contributed by atoms with Crippen molar-refractivity contribution >= 4 is 5.78 Å². The fraction of sp³-hybridized carbons (Fsp3) is 0.263. The van der Waals surface area contributed by atoms with Gasteiger partial charge in [0, 0.05) is 31.7 Å². The molecule has 0 N–H and O–H groups in total. The third-order valence-electron chi connectivity index (χ3n) is 3.90. The van der Waals surface area contributed by atoms with E-state index < -0.39 is 0 Å². The van der Waals surface area contributed by atoms with Gasteiger partial charge in [0.1, 0.15) is 11.6 Å². The fourth-order valence-corrected chi connectivity index (χ4v) is 2.60. The van der Waals surface area contributed by atoms with E-state index in [1.165, 1.54) is 12.1 Å². The Balaban J connectivity index is 1.57. The second kappa shape index (κ2) is 7.79. The van der Waals surface area contributed by atoms with Gasteiger partial charge in [0.05, 0.1) is 6.42 Å². The number of carbonyl (C=O) groups is 1. The van der Waals surface area contributed by atoms with E-state index in [9.17, 15) is 9.18 Å². The lowest BCUT2D eigenvalue weighted by Crippen LogP contribution is -2.40. The van der Waals surface area contributed by atoms with Crippen LogP contribution in [0.4, 0.5) is 4.39 Å². The van der Waals surface area contributed by atoms with Crippen molar-refractivity contribution in [1.29, 1.82) is 0 Å². The van der Waals surface area contributed by atoms with E-state index in [0.717, 1.165) is 11.3 Å². The first kappa shape index (κ1) is 17.0. The molecule has 128 valence electrons. The molecule has 1 aromatic carbocycles. The lowest BCUT2D eigenvalue weighted by Gasteiger charge is -2.02. The molecule has 2 aromatic heterocycles. The molecule has 0 saturated heterocycles. The van der Waals surface area contributed by atoms with Crippen LogP contribution in [0, 0.1) is 5.82 Å². The van der Waals surface area contributed by atoms with Crippen LogP contribution in [0.5, 0.6) is 0 Å². The lowest BCUT2D eigenvalue weighted by molar-refractivity contribution is -0.782. The predicted molar refractivity (Wildman–Crippen MR) is 88.2 cm³/mol. The highest BCUT2D eigenvalue weighted by atomic mass is 19.1. The predicted octanol–water partition coefficient (Wildman–Crippen LogP) is 2.65. The summed E-state index contributed by atoms with van der Waals surface area (Å²) in [5, 5.41) is 3.99. The van der Waals surface area contributed by atoms with Crippen molar-refractivity contribution in [3.05, 3.63) is 77.7 Å². The summed E-state index contributed by atoms with van der Waals surface area (Å²) in [6.45, 7) is 1.99. The molecule has 5 nitrogen and oxygen atoms in total. The highest BCUT2D eigenvalue weighted by Gasteiger charge is 2.21. The summed E-state index contributed by atoms with van der Waals surface area (Å²) in [5.41, 5.74) is 1.75. The molecular weight excluding hydrogens is 321 g/mol. The number of halogens is 1. The second-order valence-corrected chi connectivity index (χ2v) is 6.04. The first-order valence-electron chi connectivity index (χ1n) is 8.13. The van der Waals surface area contributed by atoms with Crippen molar-refractivity contribution in [3.8, 4) is 0 Å². The van der Waals surface area contributed by atoms with Crippen LogP contribution >= 0.6 is 0 Å². The Hall–Kier alpha value is -2.89. The molecule has 1 unspecified atom stereocenters.